The maximum atomic E-state index is 12.4. The van der Waals surface area contributed by atoms with Gasteiger partial charge in [0, 0.05) is 5.92 Å². The summed E-state index contributed by atoms with van der Waals surface area (Å²) in [6, 6.07) is 0. The van der Waals surface area contributed by atoms with E-state index in [1.807, 2.05) is 34.6 Å². The second-order valence-corrected chi connectivity index (χ2v) is 7.39. The van der Waals surface area contributed by atoms with Crippen molar-refractivity contribution < 1.29 is 10.0 Å². The zero-order chi connectivity index (χ0) is 14.7. The molecule has 3 nitrogen and oxygen atoms in total. The standard InChI is InChI=1S/C15H31NO2/c1-9-15(7,8)10-12(11(2)3)13(17)16(18)14(4,5)6/h11-12,18H,9-10H2,1-8H3. The minimum Gasteiger partial charge on any atom is -0.285 e. The molecule has 0 aromatic heterocycles. The molecule has 0 aliphatic rings. The lowest BCUT2D eigenvalue weighted by Crippen LogP contribution is -2.47. The molecule has 1 amide bonds. The summed E-state index contributed by atoms with van der Waals surface area (Å²) < 4.78 is 0. The molecule has 0 aromatic carbocycles. The summed E-state index contributed by atoms with van der Waals surface area (Å²) >= 11 is 0. The highest BCUT2D eigenvalue weighted by atomic mass is 16.5. The second kappa shape index (κ2) is 6.05. The molecule has 108 valence electrons. The van der Waals surface area contributed by atoms with E-state index in [1.54, 1.807) is 0 Å². The molecular formula is C15H31NO2. The number of amides is 1. The lowest BCUT2D eigenvalue weighted by atomic mass is 9.76. The Labute approximate surface area is 113 Å². The predicted molar refractivity (Wildman–Crippen MR) is 75.4 cm³/mol. The third-order valence-electron chi connectivity index (χ3n) is 3.70. The first-order valence-electron chi connectivity index (χ1n) is 6.95. The monoisotopic (exact) mass is 257 g/mol. The number of hydrogen-bond donors (Lipinski definition) is 1. The van der Waals surface area contributed by atoms with E-state index in [0.717, 1.165) is 17.9 Å². The third kappa shape index (κ3) is 4.97. The average molecular weight is 257 g/mol. The summed E-state index contributed by atoms with van der Waals surface area (Å²) in [5.74, 6) is -0.0384. The van der Waals surface area contributed by atoms with E-state index in [4.69, 9.17) is 0 Å². The smallest absolute Gasteiger partial charge is 0.249 e. The maximum Gasteiger partial charge on any atom is 0.249 e. The fourth-order valence-corrected chi connectivity index (χ4v) is 1.84. The number of carbonyl (C=O) groups excluding carboxylic acids is 1. The molecule has 1 unspecified atom stereocenters. The van der Waals surface area contributed by atoms with E-state index < -0.39 is 5.54 Å². The second-order valence-electron chi connectivity index (χ2n) is 7.39. The van der Waals surface area contributed by atoms with Crippen LogP contribution in [0.25, 0.3) is 0 Å². The Kier molecular flexibility index (Phi) is 5.86. The molecule has 0 saturated heterocycles. The molecule has 0 aliphatic heterocycles. The number of hydrogen-bond acceptors (Lipinski definition) is 2. The van der Waals surface area contributed by atoms with Crippen LogP contribution in [0.1, 0.15) is 68.2 Å². The lowest BCUT2D eigenvalue weighted by molar-refractivity contribution is -0.194. The van der Waals surface area contributed by atoms with Gasteiger partial charge in [-0.05, 0) is 38.5 Å². The van der Waals surface area contributed by atoms with Gasteiger partial charge in [-0.3, -0.25) is 10.0 Å². The third-order valence-corrected chi connectivity index (χ3v) is 3.70. The van der Waals surface area contributed by atoms with Crippen LogP contribution in [-0.4, -0.2) is 21.7 Å². The fourth-order valence-electron chi connectivity index (χ4n) is 1.84. The van der Waals surface area contributed by atoms with Gasteiger partial charge in [0.2, 0.25) is 5.91 Å². The summed E-state index contributed by atoms with van der Waals surface area (Å²) in [5, 5.41) is 10.9. The average Bonchev–Trinajstić information content (AvgIpc) is 2.22. The minimum atomic E-state index is -0.541. The van der Waals surface area contributed by atoms with Crippen LogP contribution in [0.2, 0.25) is 0 Å². The molecule has 1 atom stereocenters. The summed E-state index contributed by atoms with van der Waals surface area (Å²) in [6.45, 7) is 16.1. The normalized spacial score (nSPS) is 14.8. The summed E-state index contributed by atoms with van der Waals surface area (Å²) in [6.07, 6.45) is 1.84. The van der Waals surface area contributed by atoms with E-state index in [1.165, 1.54) is 0 Å². The van der Waals surface area contributed by atoms with Gasteiger partial charge in [0.05, 0.1) is 5.54 Å². The Balaban J connectivity index is 4.98. The quantitative estimate of drug-likeness (QED) is 0.595. The predicted octanol–water partition coefficient (Wildman–Crippen LogP) is 4.10. The van der Waals surface area contributed by atoms with Crippen molar-refractivity contribution in [1.82, 2.24) is 5.06 Å². The number of nitrogens with zero attached hydrogens (tertiary/aromatic N) is 1. The van der Waals surface area contributed by atoms with Crippen molar-refractivity contribution in [2.75, 3.05) is 0 Å². The van der Waals surface area contributed by atoms with Crippen LogP contribution in [0.5, 0.6) is 0 Å². The highest BCUT2D eigenvalue weighted by molar-refractivity contribution is 5.78. The Hall–Kier alpha value is -0.570. The molecule has 0 spiro atoms. The molecule has 0 bridgehead atoms. The summed E-state index contributed by atoms with van der Waals surface area (Å²) in [5.41, 5.74) is -0.413. The Morgan fingerprint density at radius 1 is 1.17 bits per heavy atom. The Bertz CT molecular complexity index is 277. The van der Waals surface area contributed by atoms with Crippen LogP contribution in [0.4, 0.5) is 0 Å². The van der Waals surface area contributed by atoms with Crippen molar-refractivity contribution in [3.05, 3.63) is 0 Å². The molecule has 0 aliphatic carbocycles. The molecular weight excluding hydrogens is 226 g/mol. The van der Waals surface area contributed by atoms with E-state index >= 15 is 0 Å². The highest BCUT2D eigenvalue weighted by Crippen LogP contribution is 2.34. The van der Waals surface area contributed by atoms with Crippen molar-refractivity contribution in [2.45, 2.75) is 73.8 Å². The first-order valence-corrected chi connectivity index (χ1v) is 6.95. The number of hydroxylamine groups is 2. The van der Waals surface area contributed by atoms with Gasteiger partial charge in [0.1, 0.15) is 0 Å². The van der Waals surface area contributed by atoms with Crippen molar-refractivity contribution in [2.24, 2.45) is 17.3 Å². The largest absolute Gasteiger partial charge is 0.285 e. The molecule has 0 aromatic rings. The first-order chi connectivity index (χ1) is 7.92. The molecule has 0 heterocycles. The topological polar surface area (TPSA) is 40.5 Å². The molecule has 3 heteroatoms. The van der Waals surface area contributed by atoms with E-state index in [2.05, 4.69) is 20.8 Å². The van der Waals surface area contributed by atoms with E-state index in [0.29, 0.717) is 0 Å². The van der Waals surface area contributed by atoms with Gasteiger partial charge in [0.25, 0.3) is 0 Å². The zero-order valence-corrected chi connectivity index (χ0v) is 13.4. The van der Waals surface area contributed by atoms with E-state index in [-0.39, 0.29) is 23.2 Å². The van der Waals surface area contributed by atoms with Crippen molar-refractivity contribution in [3.63, 3.8) is 0 Å². The van der Waals surface area contributed by atoms with Gasteiger partial charge in [-0.25, -0.2) is 5.06 Å². The number of carbonyl (C=O) groups is 1. The van der Waals surface area contributed by atoms with Gasteiger partial charge in [-0.15, -0.1) is 0 Å². The fraction of sp³-hybridized carbons (Fsp3) is 0.933. The minimum absolute atomic E-state index is 0.121. The van der Waals surface area contributed by atoms with Crippen LogP contribution in [-0.2, 0) is 4.79 Å². The summed E-state index contributed by atoms with van der Waals surface area (Å²) in [7, 11) is 0. The zero-order valence-electron chi connectivity index (χ0n) is 13.4. The molecule has 0 saturated carbocycles. The first kappa shape index (κ1) is 17.4. The van der Waals surface area contributed by atoms with Crippen molar-refractivity contribution >= 4 is 5.91 Å². The van der Waals surface area contributed by atoms with Crippen LogP contribution in [0.3, 0.4) is 0 Å². The SMILES string of the molecule is CCC(C)(C)CC(C(=O)N(O)C(C)(C)C)C(C)C. The van der Waals surface area contributed by atoms with Crippen molar-refractivity contribution in [3.8, 4) is 0 Å². The maximum absolute atomic E-state index is 12.4. The van der Waals surface area contributed by atoms with Gasteiger partial charge >= 0.3 is 0 Å². The van der Waals surface area contributed by atoms with Crippen LogP contribution < -0.4 is 0 Å². The van der Waals surface area contributed by atoms with Gasteiger partial charge in [0.15, 0.2) is 0 Å². The van der Waals surface area contributed by atoms with Crippen molar-refractivity contribution in [1.29, 1.82) is 0 Å². The molecule has 1 N–H and O–H groups in total. The summed E-state index contributed by atoms with van der Waals surface area (Å²) in [4.78, 5) is 12.4. The van der Waals surface area contributed by atoms with E-state index in [9.17, 15) is 10.0 Å². The van der Waals surface area contributed by atoms with Gasteiger partial charge in [-0.1, -0.05) is 41.0 Å². The highest BCUT2D eigenvalue weighted by Gasteiger charge is 2.35. The van der Waals surface area contributed by atoms with Crippen LogP contribution >= 0.6 is 0 Å². The van der Waals surface area contributed by atoms with Crippen LogP contribution in [0.15, 0.2) is 0 Å². The molecule has 18 heavy (non-hydrogen) atoms. The molecule has 0 rings (SSSR count). The van der Waals surface area contributed by atoms with Gasteiger partial charge < -0.3 is 0 Å². The van der Waals surface area contributed by atoms with Gasteiger partial charge in [-0.2, -0.15) is 0 Å². The Morgan fingerprint density at radius 2 is 1.61 bits per heavy atom. The lowest BCUT2D eigenvalue weighted by Gasteiger charge is -2.36. The molecule has 0 radical (unpaired) electrons. The number of rotatable bonds is 5. The van der Waals surface area contributed by atoms with Crippen LogP contribution in [0, 0.1) is 17.3 Å². The molecule has 0 fully saturated rings. The Morgan fingerprint density at radius 3 is 1.89 bits per heavy atom.